The first kappa shape index (κ1) is 17.8. The molecular weight excluding hydrogens is 328 g/mol. The van der Waals surface area contributed by atoms with Crippen LogP contribution in [-0.2, 0) is 19.6 Å². The lowest BCUT2D eigenvalue weighted by Crippen LogP contribution is -2.36. The van der Waals surface area contributed by atoms with E-state index in [4.69, 9.17) is 0 Å². The number of para-hydroxylation sites is 3. The minimum absolute atomic E-state index is 0.221. The van der Waals surface area contributed by atoms with Crippen molar-refractivity contribution in [2.45, 2.75) is 19.6 Å². The first-order valence-electron chi connectivity index (χ1n) is 8.42. The Bertz CT molecular complexity index is 820. The molecule has 0 aliphatic carbocycles. The smallest absolute Gasteiger partial charge is 0.120 e. The Labute approximate surface area is 152 Å². The molecule has 0 heterocycles. The van der Waals surface area contributed by atoms with Crippen molar-refractivity contribution in [3.63, 3.8) is 0 Å². The molecule has 134 valence electrons. The monoisotopic (exact) mass is 350 g/mol. The van der Waals surface area contributed by atoms with Gasteiger partial charge in [0.15, 0.2) is 0 Å². The van der Waals surface area contributed by atoms with Crippen molar-refractivity contribution >= 4 is 0 Å². The van der Waals surface area contributed by atoms with E-state index in [2.05, 4.69) is 5.43 Å². The van der Waals surface area contributed by atoms with Crippen LogP contribution in [-0.4, -0.2) is 20.3 Å². The van der Waals surface area contributed by atoms with Crippen molar-refractivity contribution in [2.24, 2.45) is 0 Å². The van der Waals surface area contributed by atoms with Gasteiger partial charge in [-0.05, 0) is 18.2 Å². The molecular formula is C21H22N2O3. The number of nitrogens with zero attached hydrogens (tertiary/aromatic N) is 1. The molecule has 26 heavy (non-hydrogen) atoms. The van der Waals surface area contributed by atoms with Crippen LogP contribution < -0.4 is 5.43 Å². The van der Waals surface area contributed by atoms with Crippen LogP contribution in [0.15, 0.2) is 72.8 Å². The fourth-order valence-electron chi connectivity index (χ4n) is 2.73. The highest BCUT2D eigenvalue weighted by atomic mass is 16.3. The Morgan fingerprint density at radius 2 is 0.962 bits per heavy atom. The summed E-state index contributed by atoms with van der Waals surface area (Å²) in [5, 5.41) is 32.0. The molecule has 3 aromatic carbocycles. The maximum Gasteiger partial charge on any atom is 0.120 e. The summed E-state index contributed by atoms with van der Waals surface area (Å²) in [7, 11) is 0. The second kappa shape index (κ2) is 8.38. The number of aromatic hydroxyl groups is 3. The van der Waals surface area contributed by atoms with Crippen LogP contribution >= 0.6 is 0 Å². The van der Waals surface area contributed by atoms with Crippen molar-refractivity contribution < 1.29 is 15.3 Å². The van der Waals surface area contributed by atoms with E-state index < -0.39 is 0 Å². The number of phenols is 3. The molecule has 0 radical (unpaired) electrons. The van der Waals surface area contributed by atoms with E-state index in [1.54, 1.807) is 36.4 Å². The molecule has 0 fully saturated rings. The normalized spacial score (nSPS) is 11.0. The Hall–Kier alpha value is -3.02. The first-order valence-corrected chi connectivity index (χ1v) is 8.42. The number of nitrogens with one attached hydrogen (secondary N) is 1. The average Bonchev–Trinajstić information content (AvgIpc) is 2.64. The van der Waals surface area contributed by atoms with Crippen LogP contribution in [0.3, 0.4) is 0 Å². The fraction of sp³-hybridized carbons (Fsp3) is 0.143. The molecule has 3 rings (SSSR count). The first-order chi connectivity index (χ1) is 12.6. The van der Waals surface area contributed by atoms with Gasteiger partial charge in [0.05, 0.1) is 0 Å². The molecule has 0 saturated heterocycles. The summed E-state index contributed by atoms with van der Waals surface area (Å²) in [6.07, 6.45) is 0. The summed E-state index contributed by atoms with van der Waals surface area (Å²) < 4.78 is 0. The molecule has 0 amide bonds. The second-order valence-corrected chi connectivity index (χ2v) is 6.08. The highest BCUT2D eigenvalue weighted by Crippen LogP contribution is 2.22. The molecule has 4 N–H and O–H groups in total. The molecule has 5 nitrogen and oxygen atoms in total. The molecule has 0 saturated carbocycles. The molecule has 0 aromatic heterocycles. The fourth-order valence-corrected chi connectivity index (χ4v) is 2.73. The molecule has 0 aliphatic rings. The number of benzene rings is 3. The zero-order valence-corrected chi connectivity index (χ0v) is 14.3. The largest absolute Gasteiger partial charge is 0.508 e. The molecule has 0 aliphatic heterocycles. The molecule has 3 aromatic rings. The van der Waals surface area contributed by atoms with E-state index >= 15 is 0 Å². The maximum absolute atomic E-state index is 10.1. The molecule has 0 unspecified atom stereocenters. The molecule has 0 bridgehead atoms. The predicted molar refractivity (Wildman–Crippen MR) is 100 cm³/mol. The number of hydrogen-bond donors (Lipinski definition) is 4. The van der Waals surface area contributed by atoms with Crippen LogP contribution in [0.5, 0.6) is 17.2 Å². The van der Waals surface area contributed by atoms with Crippen LogP contribution in [0.4, 0.5) is 0 Å². The SMILES string of the molecule is Oc1ccccc1CNN(Cc1ccccc1O)Cc1ccccc1O. The van der Waals surface area contributed by atoms with Crippen LogP contribution in [0.1, 0.15) is 16.7 Å². The second-order valence-electron chi connectivity index (χ2n) is 6.08. The van der Waals surface area contributed by atoms with Crippen LogP contribution in [0.2, 0.25) is 0 Å². The Kier molecular flexibility index (Phi) is 5.73. The van der Waals surface area contributed by atoms with Crippen molar-refractivity contribution in [1.29, 1.82) is 0 Å². The van der Waals surface area contributed by atoms with Gasteiger partial charge in [-0.1, -0.05) is 54.6 Å². The summed E-state index contributed by atoms with van der Waals surface area (Å²) in [5.74, 6) is 0.670. The van der Waals surface area contributed by atoms with Crippen molar-refractivity contribution in [3.8, 4) is 17.2 Å². The highest BCUT2D eigenvalue weighted by molar-refractivity contribution is 5.34. The Morgan fingerprint density at radius 3 is 1.38 bits per heavy atom. The van der Waals surface area contributed by atoms with Crippen molar-refractivity contribution in [1.82, 2.24) is 10.4 Å². The van der Waals surface area contributed by atoms with E-state index in [1.165, 1.54) is 0 Å². The summed E-state index contributed by atoms with van der Waals surface area (Å²) in [4.78, 5) is 0. The zero-order valence-electron chi connectivity index (χ0n) is 14.3. The average molecular weight is 350 g/mol. The lowest BCUT2D eigenvalue weighted by atomic mass is 10.1. The number of hydrazine groups is 1. The summed E-state index contributed by atoms with van der Waals surface area (Å²) >= 11 is 0. The lowest BCUT2D eigenvalue weighted by molar-refractivity contribution is 0.160. The van der Waals surface area contributed by atoms with Crippen molar-refractivity contribution in [2.75, 3.05) is 0 Å². The molecule has 5 heteroatoms. The third-order valence-corrected chi connectivity index (χ3v) is 4.19. The van der Waals surface area contributed by atoms with E-state index in [-0.39, 0.29) is 17.2 Å². The zero-order chi connectivity index (χ0) is 18.4. The number of phenolic OH excluding ortho intramolecular Hbond substituents is 3. The van der Waals surface area contributed by atoms with Gasteiger partial charge in [0, 0.05) is 36.3 Å². The van der Waals surface area contributed by atoms with Gasteiger partial charge in [0.1, 0.15) is 17.2 Å². The van der Waals surface area contributed by atoms with E-state index in [9.17, 15) is 15.3 Å². The number of hydrogen-bond acceptors (Lipinski definition) is 5. The van der Waals surface area contributed by atoms with Crippen molar-refractivity contribution in [3.05, 3.63) is 89.5 Å². The van der Waals surface area contributed by atoms with Gasteiger partial charge in [-0.15, -0.1) is 0 Å². The third kappa shape index (κ3) is 4.53. The Balaban J connectivity index is 1.78. The highest BCUT2D eigenvalue weighted by Gasteiger charge is 2.12. The topological polar surface area (TPSA) is 76.0 Å². The predicted octanol–water partition coefficient (Wildman–Crippen LogP) is 3.51. The molecule has 0 spiro atoms. The minimum atomic E-state index is 0.221. The van der Waals surface area contributed by atoms with Gasteiger partial charge in [-0.3, -0.25) is 5.43 Å². The quantitative estimate of drug-likeness (QED) is 0.491. The lowest BCUT2D eigenvalue weighted by Gasteiger charge is -2.24. The summed E-state index contributed by atoms with van der Waals surface area (Å²) in [5.41, 5.74) is 5.59. The third-order valence-electron chi connectivity index (χ3n) is 4.19. The number of rotatable bonds is 7. The minimum Gasteiger partial charge on any atom is -0.508 e. The van der Waals surface area contributed by atoms with Gasteiger partial charge in [-0.25, -0.2) is 5.01 Å². The van der Waals surface area contributed by atoms with Gasteiger partial charge in [0.25, 0.3) is 0 Å². The summed E-state index contributed by atoms with van der Waals surface area (Å²) in [6, 6.07) is 21.5. The van der Waals surface area contributed by atoms with Crippen LogP contribution in [0, 0.1) is 0 Å². The Morgan fingerprint density at radius 1 is 0.577 bits per heavy atom. The van der Waals surface area contributed by atoms with Gasteiger partial charge >= 0.3 is 0 Å². The summed E-state index contributed by atoms with van der Waals surface area (Å²) in [6.45, 7) is 1.30. The van der Waals surface area contributed by atoms with Crippen LogP contribution in [0.25, 0.3) is 0 Å². The van der Waals surface area contributed by atoms with E-state index in [0.717, 1.165) is 16.7 Å². The standard InChI is InChI=1S/C21H22N2O3/c24-19-10-4-1-7-16(19)13-22-23(14-17-8-2-5-11-20(17)25)15-18-9-3-6-12-21(18)26/h1-12,22,24-26H,13-15H2. The van der Waals surface area contributed by atoms with E-state index in [1.807, 2.05) is 41.4 Å². The van der Waals surface area contributed by atoms with Gasteiger partial charge in [0.2, 0.25) is 0 Å². The maximum atomic E-state index is 10.1. The van der Waals surface area contributed by atoms with E-state index in [0.29, 0.717) is 19.6 Å². The van der Waals surface area contributed by atoms with Gasteiger partial charge in [-0.2, -0.15) is 0 Å². The molecule has 0 atom stereocenters. The van der Waals surface area contributed by atoms with Gasteiger partial charge < -0.3 is 15.3 Å².